The number of hydrogen-bond donors (Lipinski definition) is 1. The van der Waals surface area contributed by atoms with Gasteiger partial charge in [-0.25, -0.2) is 4.98 Å². The van der Waals surface area contributed by atoms with Gasteiger partial charge in [0.05, 0.1) is 30.5 Å². The number of pyridine rings is 1. The van der Waals surface area contributed by atoms with Gasteiger partial charge in [0.1, 0.15) is 17.1 Å². The number of H-pyrrole nitrogens is 1. The third kappa shape index (κ3) is 3.50. The van der Waals surface area contributed by atoms with Crippen molar-refractivity contribution in [2.24, 2.45) is 13.0 Å². The van der Waals surface area contributed by atoms with Crippen LogP contribution in [0.3, 0.4) is 0 Å². The molecule has 4 aromatic rings. The summed E-state index contributed by atoms with van der Waals surface area (Å²) >= 11 is 0. The molecule has 3 heterocycles. The molecule has 1 aliphatic rings. The molecule has 5 rings (SSSR count). The highest BCUT2D eigenvalue weighted by molar-refractivity contribution is 5.82. The number of rotatable bonds is 7. The van der Waals surface area contributed by atoms with Crippen molar-refractivity contribution in [3.8, 4) is 39.7 Å². The zero-order valence-electron chi connectivity index (χ0n) is 16.7. The van der Waals surface area contributed by atoms with Crippen molar-refractivity contribution in [2.45, 2.75) is 12.8 Å². The molecule has 7 nitrogen and oxygen atoms in total. The lowest BCUT2D eigenvalue weighted by atomic mass is 10.0. The summed E-state index contributed by atoms with van der Waals surface area (Å²) in [5.74, 6) is 1.51. The van der Waals surface area contributed by atoms with Gasteiger partial charge in [0.2, 0.25) is 0 Å². The molecule has 150 valence electrons. The van der Waals surface area contributed by atoms with Gasteiger partial charge in [0, 0.05) is 24.4 Å². The Labute approximate surface area is 174 Å². The first kappa shape index (κ1) is 18.3. The maximum absolute atomic E-state index is 6.22. The average molecular weight is 398 g/mol. The number of imidazole rings is 1. The van der Waals surface area contributed by atoms with E-state index >= 15 is 0 Å². The molecule has 0 aliphatic heterocycles. The first-order valence-electron chi connectivity index (χ1n) is 9.96. The Morgan fingerprint density at radius 1 is 1.20 bits per heavy atom. The number of nitrogens with one attached hydrogen (secondary N) is 1. The molecule has 1 saturated carbocycles. The quantitative estimate of drug-likeness (QED) is 0.500. The van der Waals surface area contributed by atoms with Crippen LogP contribution in [0.5, 0.6) is 5.75 Å². The van der Waals surface area contributed by atoms with Crippen LogP contribution in [0.15, 0.2) is 55.6 Å². The number of nitrogens with zero attached hydrogens (tertiary/aromatic N) is 5. The number of benzene rings is 1. The van der Waals surface area contributed by atoms with E-state index in [1.165, 1.54) is 12.8 Å². The Kier molecular flexibility index (Phi) is 4.63. The van der Waals surface area contributed by atoms with Crippen LogP contribution in [0.1, 0.15) is 18.4 Å². The summed E-state index contributed by atoms with van der Waals surface area (Å²) in [5, 5.41) is 10.7. The third-order valence-corrected chi connectivity index (χ3v) is 5.32. The Balaban J connectivity index is 1.59. The lowest BCUT2D eigenvalue weighted by Gasteiger charge is -2.14. The minimum atomic E-state index is 0.664. The molecular weight excluding hydrogens is 376 g/mol. The van der Waals surface area contributed by atoms with Gasteiger partial charge < -0.3 is 9.30 Å². The summed E-state index contributed by atoms with van der Waals surface area (Å²) in [4.78, 5) is 9.23. The van der Waals surface area contributed by atoms with Crippen LogP contribution in [-0.4, -0.2) is 36.6 Å². The molecule has 0 unspecified atom stereocenters. The van der Waals surface area contributed by atoms with Crippen molar-refractivity contribution < 1.29 is 4.74 Å². The molecule has 30 heavy (non-hydrogen) atoms. The molecule has 7 heteroatoms. The molecular formula is C23H22N6O. The highest BCUT2D eigenvalue weighted by Crippen LogP contribution is 2.38. The number of hydrogen-bond acceptors (Lipinski definition) is 5. The van der Waals surface area contributed by atoms with Crippen LogP contribution in [0, 0.1) is 5.92 Å². The predicted octanol–water partition coefficient (Wildman–Crippen LogP) is 4.37. The summed E-state index contributed by atoms with van der Waals surface area (Å²) in [5.41, 5.74) is 6.24. The van der Waals surface area contributed by atoms with E-state index in [9.17, 15) is 0 Å². The van der Waals surface area contributed by atoms with Crippen molar-refractivity contribution in [1.82, 2.24) is 29.9 Å². The molecule has 1 N–H and O–H groups in total. The van der Waals surface area contributed by atoms with E-state index in [1.807, 2.05) is 42.0 Å². The number of ether oxygens (including phenoxy) is 1. The minimum absolute atomic E-state index is 0.664. The molecule has 0 bridgehead atoms. The Bertz CT molecular complexity index is 1190. The van der Waals surface area contributed by atoms with Gasteiger partial charge in [-0.1, -0.05) is 18.7 Å². The summed E-state index contributed by atoms with van der Waals surface area (Å²) in [7, 11) is 1.99. The third-order valence-electron chi connectivity index (χ3n) is 5.32. The van der Waals surface area contributed by atoms with Gasteiger partial charge in [-0.05, 0) is 48.6 Å². The van der Waals surface area contributed by atoms with Crippen LogP contribution in [0.4, 0.5) is 0 Å². The molecule has 0 amide bonds. The van der Waals surface area contributed by atoms with Gasteiger partial charge in [0.15, 0.2) is 0 Å². The van der Waals surface area contributed by atoms with Gasteiger partial charge >= 0.3 is 0 Å². The molecule has 0 saturated heterocycles. The second kappa shape index (κ2) is 7.59. The first-order valence-corrected chi connectivity index (χ1v) is 9.96. The fourth-order valence-electron chi connectivity index (χ4n) is 3.47. The topological polar surface area (TPSA) is 81.5 Å². The second-order valence-corrected chi connectivity index (χ2v) is 7.55. The van der Waals surface area contributed by atoms with Crippen LogP contribution in [0.2, 0.25) is 0 Å². The highest BCUT2D eigenvalue weighted by Gasteiger charge is 2.24. The maximum Gasteiger partial charge on any atom is 0.129 e. The summed E-state index contributed by atoms with van der Waals surface area (Å²) in [6.45, 7) is 4.63. The number of aryl methyl sites for hydroxylation is 1. The predicted molar refractivity (Wildman–Crippen MR) is 116 cm³/mol. The molecule has 1 fully saturated rings. The van der Waals surface area contributed by atoms with Crippen LogP contribution in [-0.2, 0) is 7.05 Å². The van der Waals surface area contributed by atoms with Gasteiger partial charge in [-0.15, -0.1) is 0 Å². The lowest BCUT2D eigenvalue weighted by Crippen LogP contribution is -2.02. The largest absolute Gasteiger partial charge is 0.493 e. The smallest absolute Gasteiger partial charge is 0.129 e. The van der Waals surface area contributed by atoms with Gasteiger partial charge in [-0.3, -0.25) is 4.98 Å². The van der Waals surface area contributed by atoms with E-state index in [1.54, 1.807) is 18.7 Å². The van der Waals surface area contributed by atoms with E-state index in [0.717, 1.165) is 51.8 Å². The van der Waals surface area contributed by atoms with Gasteiger partial charge in [-0.2, -0.15) is 15.4 Å². The number of aromatic nitrogens is 6. The average Bonchev–Trinajstić information content (AvgIpc) is 3.29. The van der Waals surface area contributed by atoms with Crippen LogP contribution in [0.25, 0.3) is 40.0 Å². The standard InChI is InChI=1S/C23H22N6O/c1-3-15-6-7-18(21(10-15)30-13-16-4-5-16)23-22(25-14-29(23)2)19-11-17(8-9-24-19)20-12-26-28-27-20/h3,6-12,14,16H,1,4-5,13H2,2H3,(H,26,27,28). The SMILES string of the molecule is C=Cc1ccc(-c2c(-c3cc(-c4cn[nH]n4)ccn3)ncn2C)c(OCC2CC2)c1. The maximum atomic E-state index is 6.22. The fraction of sp³-hybridized carbons (Fsp3) is 0.217. The minimum Gasteiger partial charge on any atom is -0.493 e. The Morgan fingerprint density at radius 2 is 2.10 bits per heavy atom. The van der Waals surface area contributed by atoms with Crippen molar-refractivity contribution in [3.63, 3.8) is 0 Å². The van der Waals surface area contributed by atoms with E-state index < -0.39 is 0 Å². The van der Waals surface area contributed by atoms with Crippen LogP contribution < -0.4 is 4.74 Å². The molecule has 0 atom stereocenters. The fourth-order valence-corrected chi connectivity index (χ4v) is 3.47. The monoisotopic (exact) mass is 398 g/mol. The van der Waals surface area contributed by atoms with E-state index in [2.05, 4.69) is 38.0 Å². The molecule has 1 aromatic carbocycles. The first-order chi connectivity index (χ1) is 14.7. The molecule has 3 aromatic heterocycles. The van der Waals surface area contributed by atoms with Gasteiger partial charge in [0.25, 0.3) is 0 Å². The van der Waals surface area contributed by atoms with E-state index in [4.69, 9.17) is 4.74 Å². The zero-order valence-corrected chi connectivity index (χ0v) is 16.7. The molecule has 0 spiro atoms. The van der Waals surface area contributed by atoms with E-state index in [0.29, 0.717) is 5.92 Å². The second-order valence-electron chi connectivity index (χ2n) is 7.55. The van der Waals surface area contributed by atoms with Crippen molar-refractivity contribution in [3.05, 3.63) is 61.2 Å². The number of aromatic amines is 1. The summed E-state index contributed by atoms with van der Waals surface area (Å²) < 4.78 is 8.23. The van der Waals surface area contributed by atoms with Crippen molar-refractivity contribution >= 4 is 6.08 Å². The lowest BCUT2D eigenvalue weighted by molar-refractivity contribution is 0.301. The Morgan fingerprint density at radius 3 is 2.87 bits per heavy atom. The molecule has 1 aliphatic carbocycles. The van der Waals surface area contributed by atoms with Crippen molar-refractivity contribution in [1.29, 1.82) is 0 Å². The zero-order chi connectivity index (χ0) is 20.5. The Hall–Kier alpha value is -3.74. The molecule has 0 radical (unpaired) electrons. The summed E-state index contributed by atoms with van der Waals surface area (Å²) in [6, 6.07) is 10.0. The normalized spacial score (nSPS) is 13.4. The van der Waals surface area contributed by atoms with Crippen molar-refractivity contribution in [2.75, 3.05) is 6.61 Å². The van der Waals surface area contributed by atoms with Crippen LogP contribution >= 0.6 is 0 Å². The highest BCUT2D eigenvalue weighted by atomic mass is 16.5. The summed E-state index contributed by atoms with van der Waals surface area (Å²) in [6.07, 6.45) is 9.58. The van der Waals surface area contributed by atoms with E-state index in [-0.39, 0.29) is 0 Å².